The lowest BCUT2D eigenvalue weighted by Crippen LogP contribution is -2.20. The van der Waals surface area contributed by atoms with Gasteiger partial charge in [0.1, 0.15) is 0 Å². The molecule has 6 heteroatoms. The zero-order chi connectivity index (χ0) is 13.8. The van der Waals surface area contributed by atoms with E-state index in [0.29, 0.717) is 18.7 Å². The highest BCUT2D eigenvalue weighted by Gasteiger charge is 2.11. The summed E-state index contributed by atoms with van der Waals surface area (Å²) in [4.78, 5) is 0. The molecule has 0 amide bonds. The summed E-state index contributed by atoms with van der Waals surface area (Å²) in [6, 6.07) is 3.65. The molecule has 2 N–H and O–H groups in total. The van der Waals surface area contributed by atoms with Crippen molar-refractivity contribution in [3.63, 3.8) is 0 Å². The van der Waals surface area contributed by atoms with Gasteiger partial charge in [0.15, 0.2) is 0 Å². The number of hydrogen-bond acceptors (Lipinski definition) is 3. The van der Waals surface area contributed by atoms with Gasteiger partial charge in [0, 0.05) is 10.2 Å². The van der Waals surface area contributed by atoms with Crippen LogP contribution in [-0.2, 0) is 10.0 Å². The lowest BCUT2D eigenvalue weighted by atomic mass is 10.1. The fourth-order valence-electron chi connectivity index (χ4n) is 1.67. The molecule has 0 saturated carbocycles. The molecule has 0 fully saturated rings. The molecule has 0 unspecified atom stereocenters. The maximum Gasteiger partial charge on any atom is 0.232 e. The standard InChI is InChI=1S/C12H19BrN2O2S/c1-9-7-11(8-10(2)12(9)13)15-18(16,17)6-4-5-14-3/h7-8,14-15H,4-6H2,1-3H3. The summed E-state index contributed by atoms with van der Waals surface area (Å²) in [5.41, 5.74) is 2.66. The van der Waals surface area contributed by atoms with Crippen LogP contribution < -0.4 is 10.0 Å². The van der Waals surface area contributed by atoms with Crippen molar-refractivity contribution >= 4 is 31.6 Å². The van der Waals surface area contributed by atoms with Crippen LogP contribution in [0.3, 0.4) is 0 Å². The highest BCUT2D eigenvalue weighted by atomic mass is 79.9. The molecule has 0 bridgehead atoms. The number of nitrogens with one attached hydrogen (secondary N) is 2. The maximum atomic E-state index is 11.8. The predicted octanol–water partition coefficient (Wildman–Crippen LogP) is 2.42. The number of benzene rings is 1. The topological polar surface area (TPSA) is 58.2 Å². The Balaban J connectivity index is 2.78. The Morgan fingerprint density at radius 3 is 2.28 bits per heavy atom. The summed E-state index contributed by atoms with van der Waals surface area (Å²) in [5.74, 6) is 0.127. The number of rotatable bonds is 6. The number of halogens is 1. The summed E-state index contributed by atoms with van der Waals surface area (Å²) >= 11 is 3.46. The van der Waals surface area contributed by atoms with Crippen LogP contribution in [0.2, 0.25) is 0 Å². The Morgan fingerprint density at radius 1 is 1.22 bits per heavy atom. The molecule has 0 saturated heterocycles. The summed E-state index contributed by atoms with van der Waals surface area (Å²) in [5, 5.41) is 2.93. The third kappa shape index (κ3) is 4.59. The first-order valence-corrected chi connectivity index (χ1v) is 8.22. The van der Waals surface area contributed by atoms with Gasteiger partial charge in [0.2, 0.25) is 10.0 Å². The second-order valence-corrected chi connectivity index (χ2v) is 6.94. The molecule has 18 heavy (non-hydrogen) atoms. The number of aryl methyl sites for hydroxylation is 2. The van der Waals surface area contributed by atoms with Gasteiger partial charge in [-0.3, -0.25) is 4.72 Å². The average Bonchev–Trinajstić information content (AvgIpc) is 2.25. The van der Waals surface area contributed by atoms with E-state index >= 15 is 0 Å². The minimum absolute atomic E-state index is 0.127. The fourth-order valence-corrected chi connectivity index (χ4v) is 3.01. The molecule has 0 heterocycles. The molecule has 0 aromatic heterocycles. The number of anilines is 1. The molecular formula is C12H19BrN2O2S. The molecule has 0 aliphatic heterocycles. The van der Waals surface area contributed by atoms with Crippen LogP contribution in [-0.4, -0.2) is 27.8 Å². The van der Waals surface area contributed by atoms with Crippen molar-refractivity contribution in [3.05, 3.63) is 27.7 Å². The Kier molecular flexibility index (Phi) is 5.62. The average molecular weight is 335 g/mol. The largest absolute Gasteiger partial charge is 0.320 e. The van der Waals surface area contributed by atoms with E-state index in [1.807, 2.05) is 33.0 Å². The van der Waals surface area contributed by atoms with Gasteiger partial charge in [-0.15, -0.1) is 0 Å². The van der Waals surface area contributed by atoms with Crippen LogP contribution in [0.25, 0.3) is 0 Å². The van der Waals surface area contributed by atoms with Gasteiger partial charge >= 0.3 is 0 Å². The molecule has 102 valence electrons. The highest BCUT2D eigenvalue weighted by Crippen LogP contribution is 2.25. The van der Waals surface area contributed by atoms with Crippen LogP contribution >= 0.6 is 15.9 Å². The summed E-state index contributed by atoms with van der Waals surface area (Å²) in [6.45, 7) is 4.57. The second-order valence-electron chi connectivity index (χ2n) is 4.30. The smallest absolute Gasteiger partial charge is 0.232 e. The first-order valence-electron chi connectivity index (χ1n) is 5.77. The zero-order valence-electron chi connectivity index (χ0n) is 10.9. The Labute approximate surface area is 117 Å². The summed E-state index contributed by atoms with van der Waals surface area (Å²) in [6.07, 6.45) is 0.598. The third-order valence-corrected chi connectivity index (χ3v) is 5.17. The summed E-state index contributed by atoms with van der Waals surface area (Å²) in [7, 11) is -1.45. The van der Waals surface area contributed by atoms with Gasteiger partial charge in [-0.05, 0) is 57.1 Å². The monoisotopic (exact) mass is 334 g/mol. The first-order chi connectivity index (χ1) is 8.35. The lowest BCUT2D eigenvalue weighted by Gasteiger charge is -2.11. The van der Waals surface area contributed by atoms with Crippen molar-refractivity contribution in [1.29, 1.82) is 0 Å². The number of hydrogen-bond donors (Lipinski definition) is 2. The molecule has 0 atom stereocenters. The van der Waals surface area contributed by atoms with Gasteiger partial charge in [-0.1, -0.05) is 15.9 Å². The quantitative estimate of drug-likeness (QED) is 0.785. The number of sulfonamides is 1. The van der Waals surface area contributed by atoms with Crippen LogP contribution in [0.15, 0.2) is 16.6 Å². The molecule has 0 aliphatic rings. The zero-order valence-corrected chi connectivity index (χ0v) is 13.3. The van der Waals surface area contributed by atoms with Crippen LogP contribution in [0, 0.1) is 13.8 Å². The fraction of sp³-hybridized carbons (Fsp3) is 0.500. The molecule has 1 rings (SSSR count). The van der Waals surface area contributed by atoms with Crippen molar-refractivity contribution in [2.24, 2.45) is 0 Å². The minimum Gasteiger partial charge on any atom is -0.320 e. The molecule has 0 aliphatic carbocycles. The van der Waals surface area contributed by atoms with Crippen molar-refractivity contribution in [3.8, 4) is 0 Å². The van der Waals surface area contributed by atoms with E-state index < -0.39 is 10.0 Å². The van der Waals surface area contributed by atoms with Crippen LogP contribution in [0.5, 0.6) is 0 Å². The van der Waals surface area contributed by atoms with Gasteiger partial charge in [-0.25, -0.2) is 8.42 Å². The van der Waals surface area contributed by atoms with E-state index in [1.54, 1.807) is 0 Å². The van der Waals surface area contributed by atoms with Crippen LogP contribution in [0.4, 0.5) is 5.69 Å². The van der Waals surface area contributed by atoms with E-state index in [0.717, 1.165) is 15.6 Å². The molecule has 1 aromatic rings. The summed E-state index contributed by atoms with van der Waals surface area (Å²) < 4.78 is 27.3. The van der Waals surface area contributed by atoms with Gasteiger partial charge < -0.3 is 5.32 Å². The Morgan fingerprint density at radius 2 is 1.78 bits per heavy atom. The maximum absolute atomic E-state index is 11.8. The van der Waals surface area contributed by atoms with Crippen molar-refractivity contribution in [2.75, 3.05) is 24.1 Å². The van der Waals surface area contributed by atoms with Crippen molar-refractivity contribution < 1.29 is 8.42 Å². The van der Waals surface area contributed by atoms with E-state index in [9.17, 15) is 8.42 Å². The predicted molar refractivity (Wildman–Crippen MR) is 79.6 cm³/mol. The Bertz CT molecular complexity index is 492. The van der Waals surface area contributed by atoms with E-state index in [4.69, 9.17) is 0 Å². The SMILES string of the molecule is CNCCCS(=O)(=O)Nc1cc(C)c(Br)c(C)c1. The minimum atomic E-state index is -3.26. The first kappa shape index (κ1) is 15.5. The third-order valence-electron chi connectivity index (χ3n) is 2.55. The van der Waals surface area contributed by atoms with Gasteiger partial charge in [0.05, 0.1) is 5.75 Å². The molecule has 1 aromatic carbocycles. The lowest BCUT2D eigenvalue weighted by molar-refractivity contribution is 0.597. The van der Waals surface area contributed by atoms with Gasteiger partial charge in [0.25, 0.3) is 0 Å². The molecular weight excluding hydrogens is 316 g/mol. The Hall–Kier alpha value is -0.590. The van der Waals surface area contributed by atoms with Gasteiger partial charge in [-0.2, -0.15) is 0 Å². The van der Waals surface area contributed by atoms with E-state index in [1.165, 1.54) is 0 Å². The van der Waals surface area contributed by atoms with Crippen LogP contribution in [0.1, 0.15) is 17.5 Å². The normalized spacial score (nSPS) is 11.6. The molecule has 4 nitrogen and oxygen atoms in total. The highest BCUT2D eigenvalue weighted by molar-refractivity contribution is 9.10. The van der Waals surface area contributed by atoms with Crippen molar-refractivity contribution in [1.82, 2.24) is 5.32 Å². The molecule has 0 radical (unpaired) electrons. The van der Waals surface area contributed by atoms with E-state index in [-0.39, 0.29) is 5.75 Å². The van der Waals surface area contributed by atoms with E-state index in [2.05, 4.69) is 26.0 Å². The molecule has 0 spiro atoms. The van der Waals surface area contributed by atoms with Crippen molar-refractivity contribution in [2.45, 2.75) is 20.3 Å². The second kappa shape index (κ2) is 6.54.